The van der Waals surface area contributed by atoms with Gasteiger partial charge in [-0.1, -0.05) is 11.6 Å². The predicted octanol–water partition coefficient (Wildman–Crippen LogP) is 1.87. The minimum absolute atomic E-state index is 0.113. The molecule has 0 aliphatic carbocycles. The van der Waals surface area contributed by atoms with Gasteiger partial charge in [-0.3, -0.25) is 4.84 Å². The van der Waals surface area contributed by atoms with E-state index in [0.29, 0.717) is 0 Å². The van der Waals surface area contributed by atoms with Crippen LogP contribution in [0.4, 0.5) is 10.2 Å². The van der Waals surface area contributed by atoms with Gasteiger partial charge < -0.3 is 0 Å². The Morgan fingerprint density at radius 3 is 2.83 bits per heavy atom. The largest absolute Gasteiger partial charge is 0.276 e. The molecule has 1 aromatic rings. The average Bonchev–Trinajstić information content (AvgIpc) is 2.03. The van der Waals surface area contributed by atoms with Gasteiger partial charge in [0.25, 0.3) is 0 Å². The molecule has 0 aliphatic rings. The number of nitrogens with zero attached hydrogens (tertiary/aromatic N) is 2. The number of aromatic nitrogens is 1. The number of hydroxylamine groups is 1. The molecule has 0 spiro atoms. The summed E-state index contributed by atoms with van der Waals surface area (Å²) in [5, 5.41) is 1.48. The molecule has 1 rings (SSSR count). The van der Waals surface area contributed by atoms with Gasteiger partial charge in [-0.05, 0) is 6.07 Å². The van der Waals surface area contributed by atoms with E-state index in [2.05, 4.69) is 4.98 Å². The van der Waals surface area contributed by atoms with Crippen molar-refractivity contribution in [1.29, 1.82) is 0 Å². The molecule has 1 aromatic heterocycles. The maximum absolute atomic E-state index is 13.0. The van der Waals surface area contributed by atoms with Gasteiger partial charge in [0.05, 0.1) is 12.1 Å². The van der Waals surface area contributed by atoms with Crippen molar-refractivity contribution in [1.82, 2.24) is 4.98 Å². The van der Waals surface area contributed by atoms with Crippen molar-refractivity contribution in [2.24, 2.45) is 0 Å². The number of hydrogen-bond acceptors (Lipinski definition) is 3. The van der Waals surface area contributed by atoms with Crippen molar-refractivity contribution < 1.29 is 9.23 Å². The number of pyridine rings is 1. The lowest BCUT2D eigenvalue weighted by molar-refractivity contribution is 0.180. The predicted molar refractivity (Wildman–Crippen MR) is 44.6 cm³/mol. The van der Waals surface area contributed by atoms with Crippen molar-refractivity contribution in [2.45, 2.75) is 0 Å². The van der Waals surface area contributed by atoms with Gasteiger partial charge in [-0.2, -0.15) is 0 Å². The van der Waals surface area contributed by atoms with Gasteiger partial charge in [0.15, 0.2) is 11.6 Å². The van der Waals surface area contributed by atoms with Crippen molar-refractivity contribution >= 4 is 17.4 Å². The number of rotatable bonds is 2. The third-order valence-corrected chi connectivity index (χ3v) is 1.57. The van der Waals surface area contributed by atoms with E-state index < -0.39 is 5.82 Å². The van der Waals surface area contributed by atoms with Crippen LogP contribution in [0.2, 0.25) is 5.02 Å². The van der Waals surface area contributed by atoms with Gasteiger partial charge in [0, 0.05) is 13.2 Å². The third-order valence-electron chi connectivity index (χ3n) is 1.36. The normalized spacial score (nSPS) is 10.0. The van der Waals surface area contributed by atoms with Crippen LogP contribution in [-0.4, -0.2) is 19.1 Å². The molecule has 3 nitrogen and oxygen atoms in total. The van der Waals surface area contributed by atoms with Crippen LogP contribution in [0, 0.1) is 5.82 Å². The Bertz CT molecular complexity index is 282. The number of halogens is 2. The summed E-state index contributed by atoms with van der Waals surface area (Å²) >= 11 is 5.50. The van der Waals surface area contributed by atoms with E-state index in [1.54, 1.807) is 7.05 Å². The second-order valence-electron chi connectivity index (χ2n) is 2.14. The van der Waals surface area contributed by atoms with Gasteiger partial charge in [-0.25, -0.2) is 14.4 Å². The molecule has 0 amide bonds. The van der Waals surface area contributed by atoms with Crippen LogP contribution in [0.25, 0.3) is 0 Å². The molecule has 0 atom stereocenters. The van der Waals surface area contributed by atoms with Crippen LogP contribution in [0.15, 0.2) is 12.3 Å². The molecular formula is C7H8ClFN2O. The third kappa shape index (κ3) is 1.84. The fourth-order valence-electron chi connectivity index (χ4n) is 0.726. The molecular weight excluding hydrogens is 183 g/mol. The maximum Gasteiger partial charge on any atom is 0.188 e. The second-order valence-corrected chi connectivity index (χ2v) is 2.58. The van der Waals surface area contributed by atoms with Crippen LogP contribution < -0.4 is 5.06 Å². The summed E-state index contributed by atoms with van der Waals surface area (Å²) in [6.07, 6.45) is 1.36. The monoisotopic (exact) mass is 190 g/mol. The van der Waals surface area contributed by atoms with E-state index in [4.69, 9.17) is 16.4 Å². The highest BCUT2D eigenvalue weighted by molar-refractivity contribution is 6.30. The van der Waals surface area contributed by atoms with E-state index in [1.165, 1.54) is 24.4 Å². The lowest BCUT2D eigenvalue weighted by Gasteiger charge is -2.14. The second kappa shape index (κ2) is 3.69. The minimum atomic E-state index is -0.508. The molecule has 0 aliphatic heterocycles. The quantitative estimate of drug-likeness (QED) is 0.666. The summed E-state index contributed by atoms with van der Waals surface area (Å²) in [6, 6.07) is 1.18. The van der Waals surface area contributed by atoms with Crippen molar-refractivity contribution in [3.63, 3.8) is 0 Å². The first-order valence-electron chi connectivity index (χ1n) is 3.24. The molecule has 0 saturated heterocycles. The Balaban J connectivity index is 3.01. The zero-order chi connectivity index (χ0) is 9.14. The molecule has 1 heterocycles. The molecule has 0 bridgehead atoms. The zero-order valence-electron chi connectivity index (χ0n) is 6.71. The van der Waals surface area contributed by atoms with Gasteiger partial charge in [0.1, 0.15) is 0 Å². The Morgan fingerprint density at radius 2 is 2.33 bits per heavy atom. The Kier molecular flexibility index (Phi) is 2.83. The zero-order valence-corrected chi connectivity index (χ0v) is 7.47. The lowest BCUT2D eigenvalue weighted by Crippen LogP contribution is -2.17. The van der Waals surface area contributed by atoms with Crippen LogP contribution in [0.1, 0.15) is 0 Å². The summed E-state index contributed by atoms with van der Waals surface area (Å²) in [6.45, 7) is 0. The van der Waals surface area contributed by atoms with Crippen LogP contribution >= 0.6 is 11.6 Å². The molecule has 0 aromatic carbocycles. The highest BCUT2D eigenvalue weighted by atomic mass is 35.5. The summed E-state index contributed by atoms with van der Waals surface area (Å²) in [5.74, 6) is -0.395. The van der Waals surface area contributed by atoms with E-state index in [9.17, 15) is 4.39 Å². The highest BCUT2D eigenvalue weighted by Gasteiger charge is 2.08. The van der Waals surface area contributed by atoms with Gasteiger partial charge in [-0.15, -0.1) is 0 Å². The number of hydrogen-bond donors (Lipinski definition) is 0. The minimum Gasteiger partial charge on any atom is -0.276 e. The first-order chi connectivity index (χ1) is 5.65. The maximum atomic E-state index is 13.0. The molecule has 66 valence electrons. The topological polar surface area (TPSA) is 25.4 Å². The molecule has 0 unspecified atom stereocenters. The smallest absolute Gasteiger partial charge is 0.188 e. The molecule has 12 heavy (non-hydrogen) atoms. The molecule has 5 heteroatoms. The van der Waals surface area contributed by atoms with Gasteiger partial charge >= 0.3 is 0 Å². The van der Waals surface area contributed by atoms with E-state index in [1.807, 2.05) is 0 Å². The summed E-state index contributed by atoms with van der Waals surface area (Å²) in [4.78, 5) is 8.49. The first kappa shape index (κ1) is 9.22. The van der Waals surface area contributed by atoms with Crippen molar-refractivity contribution in [3.05, 3.63) is 23.1 Å². The Morgan fingerprint density at radius 1 is 1.67 bits per heavy atom. The van der Waals surface area contributed by atoms with Crippen molar-refractivity contribution in [2.75, 3.05) is 19.2 Å². The van der Waals surface area contributed by atoms with Crippen LogP contribution in [-0.2, 0) is 4.84 Å². The van der Waals surface area contributed by atoms with E-state index in [-0.39, 0.29) is 10.8 Å². The average molecular weight is 191 g/mol. The molecule has 0 fully saturated rings. The highest BCUT2D eigenvalue weighted by Crippen LogP contribution is 2.17. The van der Waals surface area contributed by atoms with Crippen molar-refractivity contribution in [3.8, 4) is 0 Å². The summed E-state index contributed by atoms with van der Waals surface area (Å²) in [7, 11) is 2.98. The van der Waals surface area contributed by atoms with E-state index >= 15 is 0 Å². The fraction of sp³-hybridized carbons (Fsp3) is 0.286. The summed E-state index contributed by atoms with van der Waals surface area (Å²) in [5.41, 5.74) is 0. The fourth-order valence-corrected chi connectivity index (χ4v) is 0.870. The lowest BCUT2D eigenvalue weighted by atomic mass is 10.4. The molecule has 0 saturated carbocycles. The SMILES string of the molecule is CON(C)c1ncc(Cl)cc1F. The molecule has 0 N–H and O–H groups in total. The Hall–Kier alpha value is -0.870. The Labute approximate surface area is 74.7 Å². The van der Waals surface area contributed by atoms with Crippen LogP contribution in [0.3, 0.4) is 0 Å². The number of anilines is 1. The first-order valence-corrected chi connectivity index (χ1v) is 3.62. The van der Waals surface area contributed by atoms with E-state index in [0.717, 1.165) is 0 Å². The standard InChI is InChI=1S/C7H8ClFN2O/c1-11(12-2)7-6(9)3-5(8)4-10-7/h3-4H,1-2H3. The van der Waals surface area contributed by atoms with Gasteiger partial charge in [0.2, 0.25) is 0 Å². The van der Waals surface area contributed by atoms with Crippen LogP contribution in [0.5, 0.6) is 0 Å². The summed E-state index contributed by atoms with van der Waals surface area (Å²) < 4.78 is 13.0. The molecule has 0 radical (unpaired) electrons.